The van der Waals surface area contributed by atoms with Gasteiger partial charge in [0.25, 0.3) is 0 Å². The van der Waals surface area contributed by atoms with Crippen LogP contribution < -0.4 is 0 Å². The smallest absolute Gasteiger partial charge is 0.164 e. The molecule has 0 amide bonds. The number of thiophene rings is 1. The highest BCUT2D eigenvalue weighted by atomic mass is 32.1. The number of allylic oxidation sites excluding steroid dienone is 2. The molecule has 0 aliphatic rings. The lowest BCUT2D eigenvalue weighted by molar-refractivity contribution is -0.113. The van der Waals surface area contributed by atoms with Crippen molar-refractivity contribution in [2.24, 2.45) is 4.99 Å². The molecule has 0 aliphatic heterocycles. The Kier molecular flexibility index (Phi) is 3.77. The first-order valence-electron chi connectivity index (χ1n) is 6.92. The molecule has 3 rings (SSSR count). The molecule has 2 aromatic carbocycles. The van der Waals surface area contributed by atoms with Crippen LogP contribution in [0.15, 0.2) is 58.8 Å². The summed E-state index contributed by atoms with van der Waals surface area (Å²) in [6.07, 6.45) is 1.42. The lowest BCUT2D eigenvalue weighted by Crippen LogP contribution is -2.01. The summed E-state index contributed by atoms with van der Waals surface area (Å²) in [6, 6.07) is 14.2. The number of nitrogens with zero attached hydrogens (tertiary/aromatic N) is 1. The maximum Gasteiger partial charge on any atom is 0.164 e. The highest BCUT2D eigenvalue weighted by Crippen LogP contribution is 2.35. The number of Topliss-reactive ketones (excluding diaryl/α,β-unsaturated/α-hetero) is 1. The first-order valence-corrected chi connectivity index (χ1v) is 7.74. The number of ketones is 1. The number of rotatable bonds is 3. The second kappa shape index (κ2) is 5.73. The van der Waals surface area contributed by atoms with Crippen LogP contribution in [0, 0.1) is 0 Å². The summed E-state index contributed by atoms with van der Waals surface area (Å²) in [5.41, 5.74) is 0.992. The Bertz CT molecular complexity index is 931. The zero-order valence-electron chi connectivity index (χ0n) is 12.3. The van der Waals surface area contributed by atoms with Crippen molar-refractivity contribution in [3.05, 3.63) is 53.8 Å². The summed E-state index contributed by atoms with van der Waals surface area (Å²) in [4.78, 5) is 15.8. The average molecular weight is 309 g/mol. The molecule has 0 atom stereocenters. The van der Waals surface area contributed by atoms with Crippen LogP contribution in [-0.4, -0.2) is 17.1 Å². The van der Waals surface area contributed by atoms with E-state index in [9.17, 15) is 9.90 Å². The maximum atomic E-state index is 11.4. The Morgan fingerprint density at radius 3 is 2.55 bits per heavy atom. The number of hydrogen-bond donors (Lipinski definition) is 1. The second-order valence-electron chi connectivity index (χ2n) is 5.09. The molecule has 4 heteroatoms. The fourth-order valence-corrected chi connectivity index (χ4v) is 3.46. The summed E-state index contributed by atoms with van der Waals surface area (Å²) >= 11 is 1.75. The number of carbonyl (C=O) groups excluding carboxylic acids is 1. The Balaban J connectivity index is 2.07. The molecule has 1 heterocycles. The predicted octanol–water partition coefficient (Wildman–Crippen LogP) is 5.18. The number of aliphatic imine (C=N–C) groups is 1. The van der Waals surface area contributed by atoms with Gasteiger partial charge < -0.3 is 5.11 Å². The fraction of sp³-hybridized carbons (Fsp3) is 0.111. The summed E-state index contributed by atoms with van der Waals surface area (Å²) < 4.78 is 2.45. The molecular weight excluding hydrogens is 294 g/mol. The van der Waals surface area contributed by atoms with Crippen molar-refractivity contribution in [1.82, 2.24) is 0 Å². The van der Waals surface area contributed by atoms with E-state index in [-0.39, 0.29) is 17.1 Å². The van der Waals surface area contributed by atoms with E-state index in [1.54, 1.807) is 11.3 Å². The summed E-state index contributed by atoms with van der Waals surface area (Å²) in [5.74, 6) is -0.218. The number of carbonyl (C=O) groups is 1. The average Bonchev–Trinajstić information content (AvgIpc) is 2.84. The zero-order chi connectivity index (χ0) is 15.7. The van der Waals surface area contributed by atoms with Crippen LogP contribution in [0.3, 0.4) is 0 Å². The van der Waals surface area contributed by atoms with Crippen molar-refractivity contribution >= 4 is 49.2 Å². The molecule has 0 bridgehead atoms. The number of hydrogen-bond acceptors (Lipinski definition) is 4. The van der Waals surface area contributed by atoms with Gasteiger partial charge in [-0.2, -0.15) is 0 Å². The normalized spacial score (nSPS) is 13.0. The van der Waals surface area contributed by atoms with Crippen molar-refractivity contribution in [2.45, 2.75) is 13.8 Å². The van der Waals surface area contributed by atoms with Gasteiger partial charge in [-0.25, -0.2) is 0 Å². The minimum absolute atomic E-state index is 0.0155. The van der Waals surface area contributed by atoms with Crippen LogP contribution in [0.5, 0.6) is 0 Å². The van der Waals surface area contributed by atoms with Crippen molar-refractivity contribution in [3.8, 4) is 0 Å². The van der Waals surface area contributed by atoms with Crippen LogP contribution in [-0.2, 0) is 4.79 Å². The van der Waals surface area contributed by atoms with E-state index in [4.69, 9.17) is 0 Å². The van der Waals surface area contributed by atoms with E-state index >= 15 is 0 Å². The third-order valence-corrected chi connectivity index (χ3v) is 4.62. The van der Waals surface area contributed by atoms with E-state index in [0.29, 0.717) is 0 Å². The SMILES string of the molecule is CC(=O)/C(C=Nc1ccc2sc3ccccc3c2c1)=C(\C)O. The first kappa shape index (κ1) is 14.5. The van der Waals surface area contributed by atoms with Gasteiger partial charge in [0, 0.05) is 26.4 Å². The largest absolute Gasteiger partial charge is 0.512 e. The number of aliphatic hydroxyl groups is 1. The van der Waals surface area contributed by atoms with Crippen molar-refractivity contribution < 1.29 is 9.90 Å². The van der Waals surface area contributed by atoms with Crippen molar-refractivity contribution in [1.29, 1.82) is 0 Å². The minimum Gasteiger partial charge on any atom is -0.512 e. The zero-order valence-corrected chi connectivity index (χ0v) is 13.1. The van der Waals surface area contributed by atoms with Gasteiger partial charge in [0.1, 0.15) is 5.76 Å². The van der Waals surface area contributed by atoms with Crippen LogP contribution in [0.1, 0.15) is 13.8 Å². The Morgan fingerprint density at radius 2 is 1.82 bits per heavy atom. The van der Waals surface area contributed by atoms with Gasteiger partial charge in [-0.1, -0.05) is 18.2 Å². The number of benzene rings is 2. The van der Waals surface area contributed by atoms with Crippen molar-refractivity contribution in [3.63, 3.8) is 0 Å². The highest BCUT2D eigenvalue weighted by molar-refractivity contribution is 7.25. The Morgan fingerprint density at radius 1 is 1.09 bits per heavy atom. The van der Waals surface area contributed by atoms with Gasteiger partial charge in [-0.15, -0.1) is 11.3 Å². The molecule has 0 radical (unpaired) electrons. The molecule has 0 fully saturated rings. The van der Waals surface area contributed by atoms with Crippen LogP contribution in [0.4, 0.5) is 5.69 Å². The second-order valence-corrected chi connectivity index (χ2v) is 6.18. The van der Waals surface area contributed by atoms with E-state index in [2.05, 4.69) is 17.1 Å². The minimum atomic E-state index is -0.203. The molecule has 0 spiro atoms. The van der Waals surface area contributed by atoms with Gasteiger partial charge in [0.15, 0.2) is 5.78 Å². The summed E-state index contributed by atoms with van der Waals surface area (Å²) in [6.45, 7) is 2.90. The summed E-state index contributed by atoms with van der Waals surface area (Å²) in [7, 11) is 0. The molecular formula is C18H15NO2S. The van der Waals surface area contributed by atoms with Gasteiger partial charge in [0.2, 0.25) is 0 Å². The lowest BCUT2D eigenvalue weighted by Gasteiger charge is -1.99. The standard InChI is InChI=1S/C18H15NO2S/c1-11(20)16(12(2)21)10-19-13-7-8-18-15(9-13)14-5-3-4-6-17(14)22-18/h3-10,20H,1-2H3/b16-11+,19-10?. The van der Waals surface area contributed by atoms with Crippen LogP contribution in [0.25, 0.3) is 20.2 Å². The molecule has 0 aliphatic carbocycles. The monoisotopic (exact) mass is 309 g/mol. The molecule has 0 saturated heterocycles. The highest BCUT2D eigenvalue weighted by Gasteiger charge is 2.06. The van der Waals surface area contributed by atoms with Gasteiger partial charge in [-0.3, -0.25) is 9.79 Å². The third kappa shape index (κ3) is 2.65. The maximum absolute atomic E-state index is 11.4. The number of aliphatic hydroxyl groups excluding tert-OH is 1. The topological polar surface area (TPSA) is 49.7 Å². The molecule has 110 valence electrons. The van der Waals surface area contributed by atoms with Crippen LogP contribution in [0.2, 0.25) is 0 Å². The molecule has 0 unspecified atom stereocenters. The first-order chi connectivity index (χ1) is 10.6. The molecule has 22 heavy (non-hydrogen) atoms. The summed E-state index contributed by atoms with van der Waals surface area (Å²) in [5, 5.41) is 11.9. The van der Waals surface area contributed by atoms with Crippen molar-refractivity contribution in [2.75, 3.05) is 0 Å². The molecule has 1 aromatic heterocycles. The Hall–Kier alpha value is -2.46. The van der Waals surface area contributed by atoms with E-state index in [0.717, 1.165) is 11.1 Å². The van der Waals surface area contributed by atoms with E-state index in [1.165, 1.54) is 34.8 Å². The third-order valence-electron chi connectivity index (χ3n) is 3.47. The van der Waals surface area contributed by atoms with Gasteiger partial charge >= 0.3 is 0 Å². The van der Waals surface area contributed by atoms with E-state index < -0.39 is 0 Å². The molecule has 3 nitrogen and oxygen atoms in total. The number of fused-ring (bicyclic) bond motifs is 3. The van der Waals surface area contributed by atoms with Gasteiger partial charge in [-0.05, 0) is 38.1 Å². The van der Waals surface area contributed by atoms with Gasteiger partial charge in [0.05, 0.1) is 11.3 Å². The molecule has 0 saturated carbocycles. The molecule has 3 aromatic rings. The lowest BCUT2D eigenvalue weighted by atomic mass is 10.1. The Labute approximate surface area is 132 Å². The predicted molar refractivity (Wildman–Crippen MR) is 93.5 cm³/mol. The van der Waals surface area contributed by atoms with Crippen LogP contribution >= 0.6 is 11.3 Å². The van der Waals surface area contributed by atoms with E-state index in [1.807, 2.05) is 30.3 Å². The molecule has 1 N–H and O–H groups in total. The quantitative estimate of drug-likeness (QED) is 0.412. The fourth-order valence-electron chi connectivity index (χ4n) is 2.37.